The summed E-state index contributed by atoms with van der Waals surface area (Å²) in [6.45, 7) is 4.17. The lowest BCUT2D eigenvalue weighted by Gasteiger charge is -2.28. The molecule has 1 aromatic carbocycles. The lowest BCUT2D eigenvalue weighted by atomic mass is 10.1. The molecule has 1 saturated heterocycles. The van der Waals surface area contributed by atoms with E-state index in [4.69, 9.17) is 0 Å². The summed E-state index contributed by atoms with van der Waals surface area (Å²) in [5.74, 6) is -0.393. The van der Waals surface area contributed by atoms with Crippen molar-refractivity contribution >= 4 is 44.5 Å². The number of thiazole rings is 1. The highest BCUT2D eigenvalue weighted by Gasteiger charge is 2.35. The molecule has 0 spiro atoms. The van der Waals surface area contributed by atoms with E-state index in [2.05, 4.69) is 4.98 Å². The van der Waals surface area contributed by atoms with Crippen molar-refractivity contribution in [1.29, 1.82) is 0 Å². The van der Waals surface area contributed by atoms with Crippen LogP contribution in [0.5, 0.6) is 0 Å². The third-order valence-corrected chi connectivity index (χ3v) is 8.46. The van der Waals surface area contributed by atoms with E-state index < -0.39 is 20.8 Å². The summed E-state index contributed by atoms with van der Waals surface area (Å²) in [5.41, 5.74) is 0.884. The van der Waals surface area contributed by atoms with Crippen molar-refractivity contribution < 1.29 is 18.1 Å². The first-order valence-corrected chi connectivity index (χ1v) is 12.6. The van der Waals surface area contributed by atoms with Crippen LogP contribution in [-0.2, 0) is 9.84 Å². The SMILES string of the molecule is CCCN(C(=O)c1cc([N+](=O)[O-])ccc1Sc1nc(C)cs1)[C@H]1CCS(=O)(=O)C1. The smallest absolute Gasteiger partial charge is 0.270 e. The monoisotopic (exact) mass is 455 g/mol. The van der Waals surface area contributed by atoms with Crippen molar-refractivity contribution in [2.45, 2.75) is 42.0 Å². The van der Waals surface area contributed by atoms with E-state index in [0.717, 1.165) is 10.0 Å². The molecule has 1 atom stereocenters. The van der Waals surface area contributed by atoms with E-state index in [1.165, 1.54) is 35.2 Å². The predicted molar refractivity (Wildman–Crippen MR) is 112 cm³/mol. The van der Waals surface area contributed by atoms with Crippen molar-refractivity contribution in [1.82, 2.24) is 9.88 Å². The van der Waals surface area contributed by atoms with Crippen molar-refractivity contribution in [2.75, 3.05) is 18.1 Å². The molecule has 1 amide bonds. The van der Waals surface area contributed by atoms with E-state index in [1.807, 2.05) is 19.2 Å². The van der Waals surface area contributed by atoms with E-state index in [0.29, 0.717) is 24.3 Å². The summed E-state index contributed by atoms with van der Waals surface area (Å²) < 4.78 is 24.6. The topological polar surface area (TPSA) is 110 Å². The number of aromatic nitrogens is 1. The first-order valence-electron chi connectivity index (χ1n) is 9.10. The number of carbonyl (C=O) groups excluding carboxylic acids is 1. The number of sulfone groups is 1. The zero-order valence-corrected chi connectivity index (χ0v) is 18.5. The fraction of sp³-hybridized carbons (Fsp3) is 0.444. The third kappa shape index (κ3) is 5.14. The maximum Gasteiger partial charge on any atom is 0.270 e. The average Bonchev–Trinajstić information content (AvgIpc) is 3.23. The minimum atomic E-state index is -3.17. The second kappa shape index (κ2) is 8.80. The summed E-state index contributed by atoms with van der Waals surface area (Å²) in [6.07, 6.45) is 1.04. The number of aryl methyl sites for hydroxylation is 1. The van der Waals surface area contributed by atoms with Crippen LogP contribution in [0.4, 0.5) is 5.69 Å². The van der Waals surface area contributed by atoms with Gasteiger partial charge in [0, 0.05) is 40.7 Å². The van der Waals surface area contributed by atoms with Crippen molar-refractivity contribution in [3.8, 4) is 0 Å². The van der Waals surface area contributed by atoms with Crippen LogP contribution >= 0.6 is 23.1 Å². The zero-order valence-electron chi connectivity index (χ0n) is 16.0. The standard InChI is InChI=1S/C18H21N3O5S3/c1-3-7-20(14-6-8-29(25,26)11-14)17(22)15-9-13(21(23)24)4-5-16(15)28-18-19-12(2)10-27-18/h4-5,9-10,14H,3,6-8,11H2,1-2H3/t14-/m0/s1. The van der Waals surface area contributed by atoms with Crippen LogP contribution in [0.15, 0.2) is 32.8 Å². The molecule has 8 nitrogen and oxygen atoms in total. The van der Waals surface area contributed by atoms with Crippen LogP contribution in [0.1, 0.15) is 35.8 Å². The summed E-state index contributed by atoms with van der Waals surface area (Å²) in [5, 5.41) is 13.2. The summed E-state index contributed by atoms with van der Waals surface area (Å²) in [7, 11) is -3.17. The Morgan fingerprint density at radius 3 is 2.76 bits per heavy atom. The number of nitro benzene ring substituents is 1. The Morgan fingerprint density at radius 2 is 2.21 bits per heavy atom. The number of hydrogen-bond donors (Lipinski definition) is 0. The molecule has 156 valence electrons. The number of hydrogen-bond acceptors (Lipinski definition) is 8. The van der Waals surface area contributed by atoms with Crippen LogP contribution in [-0.4, -0.2) is 53.2 Å². The van der Waals surface area contributed by atoms with Gasteiger partial charge in [0.1, 0.15) is 0 Å². The number of nitro groups is 1. The Hall–Kier alpha value is -1.98. The van der Waals surface area contributed by atoms with Gasteiger partial charge < -0.3 is 4.90 Å². The minimum Gasteiger partial charge on any atom is -0.335 e. The number of amides is 1. The van der Waals surface area contributed by atoms with Crippen LogP contribution in [0.2, 0.25) is 0 Å². The molecule has 2 heterocycles. The predicted octanol–water partition coefficient (Wildman–Crippen LogP) is 3.55. The van der Waals surface area contributed by atoms with Crippen molar-refractivity contribution in [3.05, 3.63) is 45.0 Å². The molecular formula is C18H21N3O5S3. The molecule has 3 rings (SSSR count). The fourth-order valence-electron chi connectivity index (χ4n) is 3.23. The number of benzene rings is 1. The van der Waals surface area contributed by atoms with Gasteiger partial charge in [0.05, 0.1) is 22.0 Å². The molecule has 29 heavy (non-hydrogen) atoms. The van der Waals surface area contributed by atoms with Gasteiger partial charge in [0.15, 0.2) is 14.2 Å². The Morgan fingerprint density at radius 1 is 1.45 bits per heavy atom. The van der Waals surface area contributed by atoms with Crippen LogP contribution in [0.25, 0.3) is 0 Å². The molecule has 1 aliphatic heterocycles. The molecule has 2 aromatic rings. The fourth-order valence-corrected chi connectivity index (χ4v) is 6.86. The Bertz CT molecular complexity index is 1040. The molecule has 0 saturated carbocycles. The molecule has 0 bridgehead atoms. The van der Waals surface area contributed by atoms with Gasteiger partial charge >= 0.3 is 0 Å². The zero-order chi connectivity index (χ0) is 21.2. The van der Waals surface area contributed by atoms with Gasteiger partial charge in [-0.05, 0) is 25.8 Å². The normalized spacial score (nSPS) is 17.9. The second-order valence-corrected chi connectivity index (χ2v) is 11.2. The molecule has 1 aromatic heterocycles. The molecule has 0 N–H and O–H groups in total. The molecule has 11 heteroatoms. The van der Waals surface area contributed by atoms with Gasteiger partial charge in [-0.3, -0.25) is 14.9 Å². The van der Waals surface area contributed by atoms with E-state index in [1.54, 1.807) is 11.0 Å². The number of nitrogens with zero attached hydrogens (tertiary/aromatic N) is 3. The molecule has 0 aliphatic carbocycles. The number of non-ortho nitro benzene ring substituents is 1. The van der Waals surface area contributed by atoms with Crippen LogP contribution < -0.4 is 0 Å². The lowest BCUT2D eigenvalue weighted by molar-refractivity contribution is -0.384. The minimum absolute atomic E-state index is 0.0557. The van der Waals surface area contributed by atoms with Gasteiger partial charge in [-0.1, -0.05) is 18.7 Å². The van der Waals surface area contributed by atoms with E-state index >= 15 is 0 Å². The Balaban J connectivity index is 1.99. The van der Waals surface area contributed by atoms with Gasteiger partial charge in [0.25, 0.3) is 11.6 Å². The number of carbonyl (C=O) groups is 1. The van der Waals surface area contributed by atoms with Crippen LogP contribution in [0, 0.1) is 17.0 Å². The van der Waals surface area contributed by atoms with Gasteiger partial charge in [-0.2, -0.15) is 0 Å². The molecule has 0 unspecified atom stereocenters. The molecule has 1 fully saturated rings. The lowest BCUT2D eigenvalue weighted by Crippen LogP contribution is -2.41. The first-order chi connectivity index (χ1) is 13.7. The maximum atomic E-state index is 13.4. The second-order valence-electron chi connectivity index (χ2n) is 6.85. The summed E-state index contributed by atoms with van der Waals surface area (Å²) in [4.78, 5) is 30.6. The van der Waals surface area contributed by atoms with Gasteiger partial charge in [-0.25, -0.2) is 13.4 Å². The molecule has 1 aliphatic rings. The van der Waals surface area contributed by atoms with Crippen molar-refractivity contribution in [2.24, 2.45) is 0 Å². The van der Waals surface area contributed by atoms with E-state index in [9.17, 15) is 23.3 Å². The Kier molecular flexibility index (Phi) is 6.59. The quantitative estimate of drug-likeness (QED) is 0.464. The van der Waals surface area contributed by atoms with E-state index in [-0.39, 0.29) is 28.7 Å². The first kappa shape index (κ1) is 21.7. The highest BCUT2D eigenvalue weighted by Crippen LogP contribution is 2.35. The summed E-state index contributed by atoms with van der Waals surface area (Å²) >= 11 is 2.71. The average molecular weight is 456 g/mol. The third-order valence-electron chi connectivity index (χ3n) is 4.57. The highest BCUT2D eigenvalue weighted by atomic mass is 32.2. The Labute approximate surface area is 177 Å². The summed E-state index contributed by atoms with van der Waals surface area (Å²) in [6, 6.07) is 3.79. The van der Waals surface area contributed by atoms with Gasteiger partial charge in [0.2, 0.25) is 0 Å². The largest absolute Gasteiger partial charge is 0.335 e. The van der Waals surface area contributed by atoms with Crippen LogP contribution in [0.3, 0.4) is 0 Å². The maximum absolute atomic E-state index is 13.4. The van der Waals surface area contributed by atoms with Crippen molar-refractivity contribution in [3.63, 3.8) is 0 Å². The van der Waals surface area contributed by atoms with Gasteiger partial charge in [-0.15, -0.1) is 11.3 Å². The molecular weight excluding hydrogens is 434 g/mol. The number of rotatable bonds is 7. The molecule has 0 radical (unpaired) electrons. The highest BCUT2D eigenvalue weighted by molar-refractivity contribution is 8.01.